The number of nitriles is 1. The summed E-state index contributed by atoms with van der Waals surface area (Å²) in [4.78, 5) is 8.36. The van der Waals surface area contributed by atoms with Gasteiger partial charge in [-0.1, -0.05) is 6.92 Å². The van der Waals surface area contributed by atoms with Gasteiger partial charge in [-0.2, -0.15) is 10.2 Å². The number of aromatic nitrogens is 2. The van der Waals surface area contributed by atoms with Crippen LogP contribution in [-0.4, -0.2) is 9.97 Å². The van der Waals surface area contributed by atoms with Gasteiger partial charge in [-0.25, -0.2) is 9.37 Å². The number of benzene rings is 1. The molecule has 0 spiro atoms. The molecule has 2 rings (SSSR count). The number of hydrogen-bond donors (Lipinski definition) is 0. The van der Waals surface area contributed by atoms with Gasteiger partial charge in [0.25, 0.3) is 0 Å². The SMILES string of the molecule is CCc1cc(Oc2ccc(C#N)c(F)c2)nc(C)n1. The average molecular weight is 257 g/mol. The van der Waals surface area contributed by atoms with Crippen molar-refractivity contribution in [2.24, 2.45) is 0 Å². The summed E-state index contributed by atoms with van der Waals surface area (Å²) in [6.07, 6.45) is 0.765. The molecule has 19 heavy (non-hydrogen) atoms. The second-order valence-corrected chi connectivity index (χ2v) is 3.95. The standard InChI is InChI=1S/C14H12FN3O/c1-3-11-6-14(18-9(2)17-11)19-12-5-4-10(8-16)13(15)7-12/h4-7H,3H2,1-2H3. The maximum Gasteiger partial charge on any atom is 0.222 e. The van der Waals surface area contributed by atoms with Gasteiger partial charge in [0, 0.05) is 17.8 Å². The van der Waals surface area contributed by atoms with Crippen molar-refractivity contribution >= 4 is 0 Å². The zero-order valence-electron chi connectivity index (χ0n) is 10.6. The van der Waals surface area contributed by atoms with Gasteiger partial charge in [-0.15, -0.1) is 0 Å². The summed E-state index contributed by atoms with van der Waals surface area (Å²) in [7, 11) is 0. The number of rotatable bonds is 3. The second kappa shape index (κ2) is 5.44. The fourth-order valence-electron chi connectivity index (χ4n) is 1.60. The van der Waals surface area contributed by atoms with Gasteiger partial charge < -0.3 is 4.74 Å². The Bertz CT molecular complexity index is 650. The van der Waals surface area contributed by atoms with E-state index < -0.39 is 5.82 Å². The highest BCUT2D eigenvalue weighted by Crippen LogP contribution is 2.22. The molecular formula is C14H12FN3O. The van der Waals surface area contributed by atoms with Crippen molar-refractivity contribution in [3.05, 3.63) is 47.2 Å². The molecule has 0 amide bonds. The lowest BCUT2D eigenvalue weighted by molar-refractivity contribution is 0.453. The summed E-state index contributed by atoms with van der Waals surface area (Å²) in [5, 5.41) is 8.65. The molecule has 1 heterocycles. The Kier molecular flexibility index (Phi) is 3.71. The Morgan fingerprint density at radius 3 is 2.74 bits per heavy atom. The third-order valence-electron chi connectivity index (χ3n) is 2.51. The van der Waals surface area contributed by atoms with Gasteiger partial charge >= 0.3 is 0 Å². The fourth-order valence-corrected chi connectivity index (χ4v) is 1.60. The molecular weight excluding hydrogens is 245 g/mol. The highest BCUT2D eigenvalue weighted by Gasteiger charge is 2.06. The molecule has 0 aliphatic heterocycles. The average Bonchev–Trinajstić information content (AvgIpc) is 2.38. The molecule has 96 valence electrons. The van der Waals surface area contributed by atoms with Crippen LogP contribution < -0.4 is 4.74 Å². The van der Waals surface area contributed by atoms with Crippen LogP contribution in [0.1, 0.15) is 24.0 Å². The summed E-state index contributed by atoms with van der Waals surface area (Å²) in [6, 6.07) is 7.54. The van der Waals surface area contributed by atoms with Gasteiger partial charge in [-0.05, 0) is 25.5 Å². The quantitative estimate of drug-likeness (QED) is 0.847. The first-order valence-electron chi connectivity index (χ1n) is 5.84. The van der Waals surface area contributed by atoms with E-state index in [1.165, 1.54) is 18.2 Å². The summed E-state index contributed by atoms with van der Waals surface area (Å²) >= 11 is 0. The Morgan fingerprint density at radius 2 is 2.11 bits per heavy atom. The summed E-state index contributed by atoms with van der Waals surface area (Å²) < 4.78 is 18.9. The lowest BCUT2D eigenvalue weighted by atomic mass is 10.2. The molecule has 2 aromatic rings. The van der Waals surface area contributed by atoms with E-state index in [2.05, 4.69) is 9.97 Å². The molecule has 0 N–H and O–H groups in total. The highest BCUT2D eigenvalue weighted by atomic mass is 19.1. The van der Waals surface area contributed by atoms with E-state index in [0.29, 0.717) is 17.5 Å². The van der Waals surface area contributed by atoms with Crippen molar-refractivity contribution < 1.29 is 9.13 Å². The summed E-state index contributed by atoms with van der Waals surface area (Å²) in [5.74, 6) is 0.662. The smallest absolute Gasteiger partial charge is 0.222 e. The van der Waals surface area contributed by atoms with Gasteiger partial charge in [0.1, 0.15) is 23.5 Å². The molecule has 1 aromatic carbocycles. The minimum atomic E-state index is -0.610. The van der Waals surface area contributed by atoms with Crippen LogP contribution in [0.5, 0.6) is 11.6 Å². The first kappa shape index (κ1) is 13.0. The Morgan fingerprint density at radius 1 is 1.32 bits per heavy atom. The monoisotopic (exact) mass is 257 g/mol. The molecule has 4 nitrogen and oxygen atoms in total. The first-order chi connectivity index (χ1) is 9.12. The maximum absolute atomic E-state index is 13.4. The molecule has 0 radical (unpaired) electrons. The first-order valence-corrected chi connectivity index (χ1v) is 5.84. The van der Waals surface area contributed by atoms with Crippen molar-refractivity contribution in [3.63, 3.8) is 0 Å². The number of nitrogens with zero attached hydrogens (tertiary/aromatic N) is 3. The third kappa shape index (κ3) is 3.05. The van der Waals surface area contributed by atoms with Crippen LogP contribution in [0.2, 0.25) is 0 Å². The molecule has 0 fully saturated rings. The van der Waals surface area contributed by atoms with Crippen molar-refractivity contribution in [1.82, 2.24) is 9.97 Å². The van der Waals surface area contributed by atoms with E-state index in [4.69, 9.17) is 10.00 Å². The molecule has 0 aliphatic rings. The zero-order chi connectivity index (χ0) is 13.8. The number of halogens is 1. The molecule has 0 atom stereocenters. The van der Waals surface area contributed by atoms with Crippen molar-refractivity contribution in [2.45, 2.75) is 20.3 Å². The minimum absolute atomic E-state index is 0.0135. The molecule has 0 aliphatic carbocycles. The largest absolute Gasteiger partial charge is 0.439 e. The Labute approximate surface area is 110 Å². The minimum Gasteiger partial charge on any atom is -0.439 e. The van der Waals surface area contributed by atoms with Crippen LogP contribution in [0.4, 0.5) is 4.39 Å². The lowest BCUT2D eigenvalue weighted by Gasteiger charge is -2.07. The van der Waals surface area contributed by atoms with E-state index in [1.807, 2.05) is 6.92 Å². The summed E-state index contributed by atoms with van der Waals surface area (Å²) in [5.41, 5.74) is 0.845. The number of aryl methyl sites for hydroxylation is 2. The van der Waals surface area contributed by atoms with Crippen molar-refractivity contribution in [3.8, 4) is 17.7 Å². The second-order valence-electron chi connectivity index (χ2n) is 3.95. The maximum atomic E-state index is 13.4. The molecule has 0 unspecified atom stereocenters. The Hall–Kier alpha value is -2.48. The van der Waals surface area contributed by atoms with Crippen LogP contribution in [0, 0.1) is 24.1 Å². The van der Waals surface area contributed by atoms with E-state index in [9.17, 15) is 4.39 Å². The normalized spacial score (nSPS) is 10.0. The van der Waals surface area contributed by atoms with E-state index in [1.54, 1.807) is 19.1 Å². The predicted octanol–water partition coefficient (Wildman–Crippen LogP) is 3.15. The van der Waals surface area contributed by atoms with Gasteiger partial charge in [0.15, 0.2) is 0 Å². The molecule has 1 aromatic heterocycles. The lowest BCUT2D eigenvalue weighted by Crippen LogP contribution is -1.97. The number of ether oxygens (including phenoxy) is 1. The predicted molar refractivity (Wildman–Crippen MR) is 67.3 cm³/mol. The van der Waals surface area contributed by atoms with Crippen LogP contribution in [0.25, 0.3) is 0 Å². The fraction of sp³-hybridized carbons (Fsp3) is 0.214. The van der Waals surface area contributed by atoms with Crippen LogP contribution >= 0.6 is 0 Å². The van der Waals surface area contributed by atoms with Crippen molar-refractivity contribution in [1.29, 1.82) is 5.26 Å². The van der Waals surface area contributed by atoms with Crippen molar-refractivity contribution in [2.75, 3.05) is 0 Å². The van der Waals surface area contributed by atoms with Crippen LogP contribution in [0.15, 0.2) is 24.3 Å². The Balaban J connectivity index is 2.28. The van der Waals surface area contributed by atoms with Crippen LogP contribution in [0.3, 0.4) is 0 Å². The van der Waals surface area contributed by atoms with E-state index in [-0.39, 0.29) is 5.56 Å². The zero-order valence-corrected chi connectivity index (χ0v) is 10.6. The molecule has 5 heteroatoms. The van der Waals surface area contributed by atoms with E-state index in [0.717, 1.165) is 12.1 Å². The van der Waals surface area contributed by atoms with Gasteiger partial charge in [-0.3, -0.25) is 0 Å². The molecule has 0 saturated carbocycles. The van der Waals surface area contributed by atoms with Gasteiger partial charge in [0.2, 0.25) is 5.88 Å². The third-order valence-corrected chi connectivity index (χ3v) is 2.51. The van der Waals surface area contributed by atoms with Gasteiger partial charge in [0.05, 0.1) is 5.56 Å². The number of hydrogen-bond acceptors (Lipinski definition) is 4. The summed E-state index contributed by atoms with van der Waals surface area (Å²) in [6.45, 7) is 3.75. The molecule has 0 bridgehead atoms. The van der Waals surface area contributed by atoms with Crippen LogP contribution in [-0.2, 0) is 6.42 Å². The van der Waals surface area contributed by atoms with E-state index >= 15 is 0 Å². The molecule has 0 saturated heterocycles. The highest BCUT2D eigenvalue weighted by molar-refractivity contribution is 5.37. The topological polar surface area (TPSA) is 58.8 Å².